The summed E-state index contributed by atoms with van der Waals surface area (Å²) in [7, 11) is 0. The zero-order valence-electron chi connectivity index (χ0n) is 54.3. The van der Waals surface area contributed by atoms with Crippen molar-refractivity contribution < 1.29 is 0 Å². The summed E-state index contributed by atoms with van der Waals surface area (Å²) in [6, 6.07) is 125. The minimum atomic E-state index is 0.202. The highest BCUT2D eigenvalue weighted by atomic mass is 15.2. The van der Waals surface area contributed by atoms with E-state index in [-0.39, 0.29) is 16.7 Å². The first kappa shape index (κ1) is 63.9. The standard InChI is InChI=1S/C93H66N6/c94-67-88-85(61-52-70-46-55-76(56-47-70)91(64-73-28-10-1-11-29-73)97(79-34-16-4-17-35-79)80-36-18-5-19-37-80)89(68-95)87(63-54-72-50-59-78(60-51-72)93(66-75-32-14-3-15-33-75)99(83-42-24-8-25-43-83)84-44-26-9-27-45-84)90(69-96)86(88)62-53-71-48-57-77(58-49-71)92(65-74-30-12-2-13-31-74)98(81-38-20-6-21-39-81)82-40-22-7-23-41-82/h1-66H. The minimum Gasteiger partial charge on any atom is -0.310 e. The molecule has 0 saturated carbocycles. The third-order valence-corrected chi connectivity index (χ3v) is 17.0. The van der Waals surface area contributed by atoms with E-state index in [4.69, 9.17) is 0 Å². The van der Waals surface area contributed by atoms with Gasteiger partial charge in [-0.3, -0.25) is 0 Å². The summed E-state index contributed by atoms with van der Waals surface area (Å²) in [4.78, 5) is 6.78. The van der Waals surface area contributed by atoms with Crippen molar-refractivity contribution in [3.8, 4) is 18.2 Å². The minimum absolute atomic E-state index is 0.202. The normalized spacial score (nSPS) is 11.7. The third kappa shape index (κ3) is 15.2. The highest BCUT2D eigenvalue weighted by molar-refractivity contribution is 5.99. The van der Waals surface area contributed by atoms with Crippen LogP contribution in [0.1, 0.15) is 83.5 Å². The molecule has 0 saturated heterocycles. The molecule has 13 rings (SSSR count). The Balaban J connectivity index is 0.910. The monoisotopic (exact) mass is 1270 g/mol. The van der Waals surface area contributed by atoms with Crippen molar-refractivity contribution >= 4 is 106 Å². The largest absolute Gasteiger partial charge is 0.310 e. The maximum absolute atomic E-state index is 11.4. The molecular formula is C93H66N6. The summed E-state index contributed by atoms with van der Waals surface area (Å²) in [6.45, 7) is 0. The number of rotatable bonds is 21. The first-order chi connectivity index (χ1) is 49.0. The van der Waals surface area contributed by atoms with Crippen LogP contribution >= 0.6 is 0 Å². The first-order valence-electron chi connectivity index (χ1n) is 32.8. The number of benzene rings is 13. The van der Waals surface area contributed by atoms with E-state index in [0.717, 1.165) is 101 Å². The van der Waals surface area contributed by atoms with Gasteiger partial charge in [-0.05, 0) is 141 Å². The van der Waals surface area contributed by atoms with E-state index >= 15 is 0 Å². The third-order valence-electron chi connectivity index (χ3n) is 17.0. The Labute approximate surface area is 580 Å². The van der Waals surface area contributed by atoms with Crippen LogP contribution in [-0.2, 0) is 0 Å². The van der Waals surface area contributed by atoms with Gasteiger partial charge in [0.15, 0.2) is 0 Å². The Morgan fingerprint density at radius 2 is 0.384 bits per heavy atom. The van der Waals surface area contributed by atoms with E-state index in [2.05, 4.69) is 197 Å². The van der Waals surface area contributed by atoms with Crippen molar-refractivity contribution in [3.63, 3.8) is 0 Å². The Kier molecular flexibility index (Phi) is 20.3. The van der Waals surface area contributed by atoms with Crippen LogP contribution in [0.3, 0.4) is 0 Å². The number of nitriles is 3. The lowest BCUT2D eigenvalue weighted by molar-refractivity contribution is 1.30. The molecule has 0 spiro atoms. The molecule has 99 heavy (non-hydrogen) atoms. The number of anilines is 6. The van der Waals surface area contributed by atoms with Gasteiger partial charge in [-0.15, -0.1) is 0 Å². The quantitative estimate of drug-likeness (QED) is 0.0667. The van der Waals surface area contributed by atoms with Gasteiger partial charge in [-0.2, -0.15) is 15.8 Å². The van der Waals surface area contributed by atoms with Gasteiger partial charge >= 0.3 is 0 Å². The average Bonchev–Trinajstić information content (AvgIpc) is 0.800. The fourth-order valence-electron chi connectivity index (χ4n) is 12.2. The molecule has 6 heteroatoms. The van der Waals surface area contributed by atoms with Gasteiger partial charge in [-0.1, -0.05) is 309 Å². The smallest absolute Gasteiger partial charge is 0.100 e. The lowest BCUT2D eigenvalue weighted by Gasteiger charge is -2.28. The van der Waals surface area contributed by atoms with Crippen molar-refractivity contribution in [1.29, 1.82) is 15.8 Å². The molecule has 0 amide bonds. The van der Waals surface area contributed by atoms with Crippen LogP contribution in [0.15, 0.2) is 346 Å². The zero-order valence-corrected chi connectivity index (χ0v) is 54.3. The van der Waals surface area contributed by atoms with Gasteiger partial charge in [0, 0.05) is 50.8 Å². The van der Waals surface area contributed by atoms with E-state index < -0.39 is 0 Å². The van der Waals surface area contributed by atoms with Crippen molar-refractivity contribution in [2.45, 2.75) is 0 Å². The molecule has 13 aromatic carbocycles. The van der Waals surface area contributed by atoms with Crippen LogP contribution in [0.5, 0.6) is 0 Å². The number of hydrogen-bond donors (Lipinski definition) is 0. The number of nitrogens with zero attached hydrogens (tertiary/aromatic N) is 6. The molecule has 0 aromatic heterocycles. The second kappa shape index (κ2) is 31.4. The van der Waals surface area contributed by atoms with Crippen LogP contribution in [0.4, 0.5) is 34.1 Å². The van der Waals surface area contributed by atoms with Gasteiger partial charge in [0.05, 0.1) is 33.8 Å². The maximum atomic E-state index is 11.4. The van der Waals surface area contributed by atoms with Crippen LogP contribution in [0.25, 0.3) is 71.8 Å². The van der Waals surface area contributed by atoms with Crippen molar-refractivity contribution in [3.05, 3.63) is 429 Å². The fourth-order valence-corrected chi connectivity index (χ4v) is 12.2. The Bertz CT molecular complexity index is 4520. The van der Waals surface area contributed by atoms with E-state index in [1.54, 1.807) is 0 Å². The molecule has 0 heterocycles. The molecule has 0 aliphatic rings. The highest BCUT2D eigenvalue weighted by Crippen LogP contribution is 2.41. The van der Waals surface area contributed by atoms with Crippen LogP contribution in [0.2, 0.25) is 0 Å². The summed E-state index contributed by atoms with van der Waals surface area (Å²) < 4.78 is 0. The van der Waals surface area contributed by atoms with Crippen LogP contribution < -0.4 is 14.7 Å². The molecule has 6 nitrogen and oxygen atoms in total. The average molecular weight is 1270 g/mol. The number of hydrogen-bond acceptors (Lipinski definition) is 6. The highest BCUT2D eigenvalue weighted by Gasteiger charge is 2.24. The van der Waals surface area contributed by atoms with Crippen LogP contribution in [0, 0.1) is 34.0 Å². The molecule has 0 aliphatic heterocycles. The second-order valence-corrected chi connectivity index (χ2v) is 23.4. The number of para-hydroxylation sites is 6. The lowest BCUT2D eigenvalue weighted by atomic mass is 9.86. The molecular weight excluding hydrogens is 1200 g/mol. The summed E-state index contributed by atoms with van der Waals surface area (Å²) in [5.41, 5.74) is 19.3. The van der Waals surface area contributed by atoms with Gasteiger partial charge in [0.1, 0.15) is 18.2 Å². The van der Waals surface area contributed by atoms with Gasteiger partial charge in [0.25, 0.3) is 0 Å². The van der Waals surface area contributed by atoms with E-state index in [9.17, 15) is 15.8 Å². The molecule has 468 valence electrons. The van der Waals surface area contributed by atoms with Gasteiger partial charge in [0.2, 0.25) is 0 Å². The maximum Gasteiger partial charge on any atom is 0.100 e. The Morgan fingerprint density at radius 1 is 0.202 bits per heavy atom. The molecule has 13 aromatic rings. The molecule has 0 N–H and O–H groups in total. The SMILES string of the molecule is N#Cc1c(C=Cc2ccc(C(=Cc3ccccc3)N(c3ccccc3)c3ccccc3)cc2)c(C#N)c(C=Cc2ccc(C(=Cc3ccccc3)N(c3ccccc3)c3ccccc3)cc2)c(C#N)c1C=Cc1ccc(C(=Cc2ccccc2)N(c2ccccc2)c2ccccc2)cc1. The summed E-state index contributed by atoms with van der Waals surface area (Å²) in [6.07, 6.45) is 17.9. The predicted octanol–water partition coefficient (Wildman–Crippen LogP) is 23.8. The Morgan fingerprint density at radius 3 is 0.566 bits per heavy atom. The first-order valence-corrected chi connectivity index (χ1v) is 32.8. The van der Waals surface area contributed by atoms with E-state index in [1.807, 2.05) is 237 Å². The molecule has 0 unspecified atom stereocenters. The topological polar surface area (TPSA) is 81.1 Å². The van der Waals surface area contributed by atoms with Crippen LogP contribution in [-0.4, -0.2) is 0 Å². The summed E-state index contributed by atoms with van der Waals surface area (Å²) in [5.74, 6) is 0. The second-order valence-electron chi connectivity index (χ2n) is 23.4. The molecule has 0 radical (unpaired) electrons. The van der Waals surface area contributed by atoms with Crippen molar-refractivity contribution in [2.75, 3.05) is 14.7 Å². The molecule has 0 atom stereocenters. The van der Waals surface area contributed by atoms with E-state index in [0.29, 0.717) is 16.7 Å². The molecule has 0 fully saturated rings. The predicted molar refractivity (Wildman–Crippen MR) is 415 cm³/mol. The Hall–Kier alpha value is -13.8. The molecule has 0 aliphatic carbocycles. The summed E-state index contributed by atoms with van der Waals surface area (Å²) in [5, 5.41) is 34.2. The fraction of sp³-hybridized carbons (Fsp3) is 0. The van der Waals surface area contributed by atoms with Crippen molar-refractivity contribution in [2.24, 2.45) is 0 Å². The molecule has 0 bridgehead atoms. The summed E-state index contributed by atoms with van der Waals surface area (Å²) >= 11 is 0. The van der Waals surface area contributed by atoms with Gasteiger partial charge < -0.3 is 14.7 Å². The van der Waals surface area contributed by atoms with Gasteiger partial charge in [-0.25, -0.2) is 0 Å². The van der Waals surface area contributed by atoms with Crippen molar-refractivity contribution in [1.82, 2.24) is 0 Å². The zero-order chi connectivity index (χ0) is 67.4. The van der Waals surface area contributed by atoms with E-state index in [1.165, 1.54) is 0 Å². The lowest BCUT2D eigenvalue weighted by Crippen LogP contribution is -2.15.